The molecule has 5 heteroatoms. The molecule has 0 aliphatic carbocycles. The number of fused-ring (bicyclic) bond motifs is 1. The van der Waals surface area contributed by atoms with E-state index in [2.05, 4.69) is 11.1 Å². The van der Waals surface area contributed by atoms with Crippen molar-refractivity contribution in [1.82, 2.24) is 4.98 Å². The van der Waals surface area contributed by atoms with E-state index in [0.29, 0.717) is 24.5 Å². The maximum absolute atomic E-state index is 12.6. The van der Waals surface area contributed by atoms with E-state index in [-0.39, 0.29) is 5.91 Å². The number of ether oxygens (including phenoxy) is 1. The molecule has 1 aromatic heterocycles. The van der Waals surface area contributed by atoms with Crippen molar-refractivity contribution in [3.8, 4) is 17.1 Å². The highest BCUT2D eigenvalue weighted by atomic mass is 16.5. The second-order valence-electron chi connectivity index (χ2n) is 6.27. The molecule has 4 rings (SSSR count). The number of carbonyl (C=O) groups excluding carboxylic acids is 1. The Hall–Kier alpha value is -3.08. The molecule has 0 spiro atoms. The molecule has 0 N–H and O–H groups in total. The second kappa shape index (κ2) is 7.04. The molecule has 0 saturated heterocycles. The van der Waals surface area contributed by atoms with Gasteiger partial charge in [0, 0.05) is 30.6 Å². The normalized spacial score (nSPS) is 12.9. The Morgan fingerprint density at radius 2 is 2.00 bits per heavy atom. The second-order valence-corrected chi connectivity index (χ2v) is 6.27. The average molecular weight is 348 g/mol. The van der Waals surface area contributed by atoms with E-state index in [1.165, 1.54) is 5.56 Å². The molecule has 132 valence electrons. The SMILES string of the molecule is COc1ccc(-c2cnc(CCC(=O)N3CCc4ccccc43)o2)cc1. The fourth-order valence-electron chi connectivity index (χ4n) is 3.26. The first-order valence-electron chi connectivity index (χ1n) is 8.72. The first kappa shape index (κ1) is 16.4. The Morgan fingerprint density at radius 1 is 1.19 bits per heavy atom. The van der Waals surface area contributed by atoms with Crippen LogP contribution in [0.1, 0.15) is 17.9 Å². The van der Waals surface area contributed by atoms with E-state index in [0.717, 1.165) is 30.0 Å². The Morgan fingerprint density at radius 3 is 2.81 bits per heavy atom. The number of benzene rings is 2. The predicted molar refractivity (Wildman–Crippen MR) is 99.3 cm³/mol. The molecule has 0 unspecified atom stereocenters. The lowest BCUT2D eigenvalue weighted by molar-refractivity contribution is -0.118. The Labute approximate surface area is 152 Å². The largest absolute Gasteiger partial charge is 0.497 e. The van der Waals surface area contributed by atoms with Crippen molar-refractivity contribution in [3.05, 3.63) is 66.2 Å². The van der Waals surface area contributed by atoms with Crippen LogP contribution in [0.2, 0.25) is 0 Å². The van der Waals surface area contributed by atoms with Crippen molar-refractivity contribution < 1.29 is 13.9 Å². The number of oxazole rings is 1. The lowest BCUT2D eigenvalue weighted by atomic mass is 10.2. The Kier molecular flexibility index (Phi) is 4.44. The van der Waals surface area contributed by atoms with E-state index in [1.807, 2.05) is 47.4 Å². The maximum atomic E-state index is 12.6. The number of amides is 1. The van der Waals surface area contributed by atoms with Crippen LogP contribution in [-0.4, -0.2) is 24.5 Å². The van der Waals surface area contributed by atoms with E-state index < -0.39 is 0 Å². The topological polar surface area (TPSA) is 55.6 Å². The molecule has 1 aliphatic rings. The van der Waals surface area contributed by atoms with Crippen molar-refractivity contribution in [2.75, 3.05) is 18.6 Å². The first-order chi connectivity index (χ1) is 12.7. The molecule has 26 heavy (non-hydrogen) atoms. The molecule has 0 bridgehead atoms. The van der Waals surface area contributed by atoms with E-state index in [1.54, 1.807) is 13.3 Å². The van der Waals surface area contributed by atoms with Crippen molar-refractivity contribution in [1.29, 1.82) is 0 Å². The van der Waals surface area contributed by atoms with Crippen LogP contribution in [-0.2, 0) is 17.6 Å². The van der Waals surface area contributed by atoms with Gasteiger partial charge < -0.3 is 14.1 Å². The van der Waals surface area contributed by atoms with Crippen molar-refractivity contribution in [2.24, 2.45) is 0 Å². The summed E-state index contributed by atoms with van der Waals surface area (Å²) in [5.41, 5.74) is 3.20. The molecule has 1 amide bonds. The van der Waals surface area contributed by atoms with Gasteiger partial charge in [-0.05, 0) is 42.3 Å². The lowest BCUT2D eigenvalue weighted by Crippen LogP contribution is -2.29. The van der Waals surface area contributed by atoms with Crippen LogP contribution < -0.4 is 9.64 Å². The van der Waals surface area contributed by atoms with Crippen LogP contribution in [0, 0.1) is 0 Å². The van der Waals surface area contributed by atoms with Gasteiger partial charge in [-0.25, -0.2) is 4.98 Å². The standard InChI is InChI=1S/C21H20N2O3/c1-25-17-8-6-16(7-9-17)19-14-22-20(26-19)10-11-21(24)23-13-12-15-4-2-3-5-18(15)23/h2-9,14H,10-13H2,1H3. The molecular weight excluding hydrogens is 328 g/mol. The van der Waals surface area contributed by atoms with Crippen molar-refractivity contribution in [3.63, 3.8) is 0 Å². The minimum absolute atomic E-state index is 0.110. The summed E-state index contributed by atoms with van der Waals surface area (Å²) in [4.78, 5) is 18.7. The summed E-state index contributed by atoms with van der Waals surface area (Å²) in [7, 11) is 1.64. The van der Waals surface area contributed by atoms with Gasteiger partial charge in [0.15, 0.2) is 11.7 Å². The quantitative estimate of drug-likeness (QED) is 0.702. The van der Waals surface area contributed by atoms with Gasteiger partial charge in [-0.1, -0.05) is 18.2 Å². The molecule has 2 aromatic carbocycles. The van der Waals surface area contributed by atoms with Crippen LogP contribution in [0.15, 0.2) is 59.1 Å². The van der Waals surface area contributed by atoms with E-state index in [4.69, 9.17) is 9.15 Å². The zero-order chi connectivity index (χ0) is 17.9. The molecule has 0 fully saturated rings. The van der Waals surface area contributed by atoms with Crippen LogP contribution in [0.25, 0.3) is 11.3 Å². The minimum atomic E-state index is 0.110. The number of aromatic nitrogens is 1. The van der Waals surface area contributed by atoms with Gasteiger partial charge in [0.05, 0.1) is 13.3 Å². The highest BCUT2D eigenvalue weighted by Crippen LogP contribution is 2.28. The van der Waals surface area contributed by atoms with E-state index in [9.17, 15) is 4.79 Å². The highest BCUT2D eigenvalue weighted by Gasteiger charge is 2.24. The molecule has 2 heterocycles. The summed E-state index contributed by atoms with van der Waals surface area (Å²) in [6.45, 7) is 0.751. The summed E-state index contributed by atoms with van der Waals surface area (Å²) < 4.78 is 11.0. The Balaban J connectivity index is 1.39. The van der Waals surface area contributed by atoms with Gasteiger partial charge in [-0.3, -0.25) is 4.79 Å². The summed E-state index contributed by atoms with van der Waals surface area (Å²) in [6.07, 6.45) is 3.50. The monoisotopic (exact) mass is 348 g/mol. The molecule has 3 aromatic rings. The average Bonchev–Trinajstić information content (AvgIpc) is 3.33. The smallest absolute Gasteiger partial charge is 0.227 e. The van der Waals surface area contributed by atoms with Crippen LogP contribution in [0.5, 0.6) is 5.75 Å². The Bertz CT molecular complexity index is 915. The van der Waals surface area contributed by atoms with Gasteiger partial charge in [0.25, 0.3) is 0 Å². The predicted octanol–water partition coefficient (Wildman–Crippen LogP) is 3.87. The number of anilines is 1. The lowest BCUT2D eigenvalue weighted by Gasteiger charge is -2.16. The molecule has 5 nitrogen and oxygen atoms in total. The fraction of sp³-hybridized carbons (Fsp3) is 0.238. The third-order valence-corrected chi connectivity index (χ3v) is 4.67. The van der Waals surface area contributed by atoms with Gasteiger partial charge in [0.1, 0.15) is 5.75 Å². The van der Waals surface area contributed by atoms with Gasteiger partial charge in [0.2, 0.25) is 5.91 Å². The van der Waals surface area contributed by atoms with Gasteiger partial charge >= 0.3 is 0 Å². The number of hydrogen-bond donors (Lipinski definition) is 0. The van der Waals surface area contributed by atoms with Crippen molar-refractivity contribution in [2.45, 2.75) is 19.3 Å². The van der Waals surface area contributed by atoms with Gasteiger partial charge in [-0.15, -0.1) is 0 Å². The number of aryl methyl sites for hydroxylation is 1. The molecule has 1 aliphatic heterocycles. The molecule has 0 saturated carbocycles. The first-order valence-corrected chi connectivity index (χ1v) is 8.72. The molecule has 0 radical (unpaired) electrons. The zero-order valence-electron chi connectivity index (χ0n) is 14.6. The molecular formula is C21H20N2O3. The summed E-state index contributed by atoms with van der Waals surface area (Å²) in [6, 6.07) is 15.7. The number of para-hydroxylation sites is 1. The fourth-order valence-corrected chi connectivity index (χ4v) is 3.26. The zero-order valence-corrected chi connectivity index (χ0v) is 14.6. The number of methoxy groups -OCH3 is 1. The minimum Gasteiger partial charge on any atom is -0.497 e. The summed E-state index contributed by atoms with van der Waals surface area (Å²) in [5, 5.41) is 0. The number of hydrogen-bond acceptors (Lipinski definition) is 4. The maximum Gasteiger partial charge on any atom is 0.227 e. The summed E-state index contributed by atoms with van der Waals surface area (Å²) >= 11 is 0. The van der Waals surface area contributed by atoms with Crippen LogP contribution in [0.3, 0.4) is 0 Å². The highest BCUT2D eigenvalue weighted by molar-refractivity contribution is 5.95. The van der Waals surface area contributed by atoms with Gasteiger partial charge in [-0.2, -0.15) is 0 Å². The van der Waals surface area contributed by atoms with Crippen molar-refractivity contribution >= 4 is 11.6 Å². The number of rotatable bonds is 5. The van der Waals surface area contributed by atoms with Crippen LogP contribution >= 0.6 is 0 Å². The molecule has 0 atom stereocenters. The van der Waals surface area contributed by atoms with Crippen LogP contribution in [0.4, 0.5) is 5.69 Å². The third kappa shape index (κ3) is 3.20. The third-order valence-electron chi connectivity index (χ3n) is 4.67. The van der Waals surface area contributed by atoms with E-state index >= 15 is 0 Å². The summed E-state index contributed by atoms with van der Waals surface area (Å²) in [5.74, 6) is 2.18. The number of nitrogens with zero attached hydrogens (tertiary/aromatic N) is 2. The number of carbonyl (C=O) groups is 1.